The first kappa shape index (κ1) is 12.0. The Hall–Kier alpha value is -2.43. The number of aliphatic imine (C=N–C) groups is 1. The average Bonchev–Trinajstić information content (AvgIpc) is 2.59. The van der Waals surface area contributed by atoms with Crippen molar-refractivity contribution in [3.63, 3.8) is 0 Å². The van der Waals surface area contributed by atoms with E-state index in [1.807, 2.05) is 0 Å². The second-order valence-corrected chi connectivity index (χ2v) is 3.71. The third-order valence-corrected chi connectivity index (χ3v) is 2.49. The number of rotatable bonds is 3. The van der Waals surface area contributed by atoms with Crippen LogP contribution in [0.4, 0.5) is 0 Å². The molecule has 0 heterocycles. The van der Waals surface area contributed by atoms with Gasteiger partial charge in [0.25, 0.3) is 0 Å². The second-order valence-electron chi connectivity index (χ2n) is 3.71. The number of fused-ring (bicyclic) bond motifs is 1. The Morgan fingerprint density at radius 2 is 2.06 bits per heavy atom. The molecular weight excluding hydrogens is 234 g/mol. The van der Waals surface area contributed by atoms with Crippen LogP contribution in [0, 0.1) is 0 Å². The first-order chi connectivity index (χ1) is 8.61. The zero-order chi connectivity index (χ0) is 13.1. The van der Waals surface area contributed by atoms with Gasteiger partial charge < -0.3 is 9.84 Å². The van der Waals surface area contributed by atoms with E-state index in [-0.39, 0.29) is 23.8 Å². The molecule has 1 aromatic carbocycles. The molecule has 0 fully saturated rings. The van der Waals surface area contributed by atoms with Gasteiger partial charge in [-0.05, 0) is 0 Å². The fourth-order valence-electron chi connectivity index (χ4n) is 1.66. The van der Waals surface area contributed by atoms with Crippen LogP contribution in [0.15, 0.2) is 34.8 Å². The number of nitrogens with zero attached hydrogens (tertiary/aromatic N) is 1. The van der Waals surface area contributed by atoms with Gasteiger partial charge in [0.15, 0.2) is 12.5 Å². The Morgan fingerprint density at radius 1 is 1.39 bits per heavy atom. The van der Waals surface area contributed by atoms with Crippen LogP contribution < -0.4 is 0 Å². The molecule has 92 valence electrons. The third kappa shape index (κ3) is 2.15. The summed E-state index contributed by atoms with van der Waals surface area (Å²) in [5, 5.41) is 9.88. The molecule has 0 amide bonds. The summed E-state index contributed by atoms with van der Waals surface area (Å²) in [7, 11) is 0. The van der Waals surface area contributed by atoms with Crippen molar-refractivity contribution in [3.8, 4) is 0 Å². The molecule has 0 saturated carbocycles. The van der Waals surface area contributed by atoms with E-state index < -0.39 is 5.97 Å². The molecule has 0 bridgehead atoms. The summed E-state index contributed by atoms with van der Waals surface area (Å²) in [6.07, 6.45) is 1.22. The number of ether oxygens (including phenoxy) is 1. The number of aliphatic hydroxyl groups is 1. The lowest BCUT2D eigenvalue weighted by Crippen LogP contribution is -2.02. The minimum atomic E-state index is -0.452. The predicted molar refractivity (Wildman–Crippen MR) is 65.4 cm³/mol. The molecule has 1 aliphatic carbocycles. The quantitative estimate of drug-likeness (QED) is 0.650. The third-order valence-electron chi connectivity index (χ3n) is 2.49. The predicted octanol–water partition coefficient (Wildman–Crippen LogP) is 1.74. The SMILES string of the molecule is CC(=O)OC/N=C/C1=C(O)c2ccccc2C1=O. The number of ketones is 1. The number of aliphatic hydroxyl groups excluding tert-OH is 1. The topological polar surface area (TPSA) is 76.0 Å². The summed E-state index contributed by atoms with van der Waals surface area (Å²) in [5.41, 5.74) is 1.06. The fraction of sp³-hybridized carbons (Fsp3) is 0.154. The maximum Gasteiger partial charge on any atom is 0.304 e. The largest absolute Gasteiger partial charge is 0.506 e. The van der Waals surface area contributed by atoms with Gasteiger partial charge in [-0.2, -0.15) is 0 Å². The molecule has 0 atom stereocenters. The first-order valence-electron chi connectivity index (χ1n) is 5.32. The number of Topliss-reactive ketones (excluding diaryl/α,β-unsaturated/α-hetero) is 1. The molecule has 18 heavy (non-hydrogen) atoms. The van der Waals surface area contributed by atoms with Gasteiger partial charge in [0.1, 0.15) is 5.76 Å². The van der Waals surface area contributed by atoms with E-state index in [0.29, 0.717) is 11.1 Å². The van der Waals surface area contributed by atoms with Crippen LogP contribution in [0.5, 0.6) is 0 Å². The molecule has 0 aromatic heterocycles. The minimum absolute atomic E-state index is 0.0952. The van der Waals surface area contributed by atoms with Gasteiger partial charge in [-0.3, -0.25) is 14.6 Å². The van der Waals surface area contributed by atoms with Gasteiger partial charge in [0, 0.05) is 24.3 Å². The van der Waals surface area contributed by atoms with Crippen molar-refractivity contribution in [1.29, 1.82) is 0 Å². The Labute approximate surface area is 103 Å². The number of benzene rings is 1. The van der Waals surface area contributed by atoms with E-state index in [9.17, 15) is 14.7 Å². The lowest BCUT2D eigenvalue weighted by Gasteiger charge is -1.95. The zero-order valence-electron chi connectivity index (χ0n) is 9.71. The lowest BCUT2D eigenvalue weighted by atomic mass is 10.1. The van der Waals surface area contributed by atoms with Crippen molar-refractivity contribution >= 4 is 23.7 Å². The zero-order valence-corrected chi connectivity index (χ0v) is 9.71. The van der Waals surface area contributed by atoms with Crippen molar-refractivity contribution in [2.45, 2.75) is 6.92 Å². The van der Waals surface area contributed by atoms with E-state index in [1.54, 1.807) is 24.3 Å². The summed E-state index contributed by atoms with van der Waals surface area (Å²) in [5.74, 6) is -0.830. The Balaban J connectivity index is 2.19. The molecule has 5 nitrogen and oxygen atoms in total. The van der Waals surface area contributed by atoms with Crippen LogP contribution in [0.3, 0.4) is 0 Å². The van der Waals surface area contributed by atoms with Crippen LogP contribution in [-0.2, 0) is 9.53 Å². The number of esters is 1. The van der Waals surface area contributed by atoms with E-state index in [0.717, 1.165) is 0 Å². The van der Waals surface area contributed by atoms with E-state index >= 15 is 0 Å². The molecule has 0 radical (unpaired) electrons. The summed E-state index contributed by atoms with van der Waals surface area (Å²) >= 11 is 0. The highest BCUT2D eigenvalue weighted by Gasteiger charge is 2.27. The van der Waals surface area contributed by atoms with Gasteiger partial charge in [0.2, 0.25) is 0 Å². The Kier molecular flexibility index (Phi) is 3.23. The van der Waals surface area contributed by atoms with Crippen molar-refractivity contribution in [3.05, 3.63) is 41.0 Å². The van der Waals surface area contributed by atoms with E-state index in [4.69, 9.17) is 0 Å². The Bertz CT molecular complexity index is 572. The Morgan fingerprint density at radius 3 is 2.67 bits per heavy atom. The molecule has 0 unspecified atom stereocenters. The first-order valence-corrected chi connectivity index (χ1v) is 5.32. The maximum absolute atomic E-state index is 11.9. The minimum Gasteiger partial charge on any atom is -0.506 e. The summed E-state index contributed by atoms with van der Waals surface area (Å²) in [6.45, 7) is 1.10. The standard InChI is InChI=1S/C13H11NO4/c1-8(15)18-7-14-6-11-12(16)9-4-2-3-5-10(9)13(11)17/h2-6,16H,7H2,1H3/b14-6+. The van der Waals surface area contributed by atoms with Gasteiger partial charge in [0.05, 0.1) is 5.57 Å². The molecule has 0 aliphatic heterocycles. The van der Waals surface area contributed by atoms with Gasteiger partial charge >= 0.3 is 5.97 Å². The van der Waals surface area contributed by atoms with Gasteiger partial charge in [-0.1, -0.05) is 24.3 Å². The van der Waals surface area contributed by atoms with Crippen molar-refractivity contribution in [2.24, 2.45) is 4.99 Å². The number of carbonyl (C=O) groups excluding carboxylic acids is 2. The summed E-state index contributed by atoms with van der Waals surface area (Å²) in [6, 6.07) is 6.76. The number of hydrogen-bond acceptors (Lipinski definition) is 5. The van der Waals surface area contributed by atoms with Crippen molar-refractivity contribution in [1.82, 2.24) is 0 Å². The summed E-state index contributed by atoms with van der Waals surface area (Å²) < 4.78 is 4.60. The molecule has 1 aliphatic rings. The molecule has 0 saturated heterocycles. The smallest absolute Gasteiger partial charge is 0.304 e. The van der Waals surface area contributed by atoms with E-state index in [2.05, 4.69) is 9.73 Å². The monoisotopic (exact) mass is 245 g/mol. The van der Waals surface area contributed by atoms with Crippen LogP contribution in [-0.4, -0.2) is 29.8 Å². The summed E-state index contributed by atoms with van der Waals surface area (Å²) in [4.78, 5) is 26.2. The van der Waals surface area contributed by atoms with Crippen molar-refractivity contribution in [2.75, 3.05) is 6.73 Å². The van der Waals surface area contributed by atoms with Crippen LogP contribution >= 0.6 is 0 Å². The number of allylic oxidation sites excluding steroid dienone is 1. The van der Waals surface area contributed by atoms with Crippen molar-refractivity contribution < 1.29 is 19.4 Å². The average molecular weight is 245 g/mol. The number of hydrogen-bond donors (Lipinski definition) is 1. The lowest BCUT2D eigenvalue weighted by molar-refractivity contribution is -0.140. The molecule has 5 heteroatoms. The molecule has 0 spiro atoms. The fourth-order valence-corrected chi connectivity index (χ4v) is 1.66. The molecule has 2 rings (SSSR count). The van der Waals surface area contributed by atoms with E-state index in [1.165, 1.54) is 13.1 Å². The highest BCUT2D eigenvalue weighted by atomic mass is 16.5. The maximum atomic E-state index is 11.9. The van der Waals surface area contributed by atoms with Crippen LogP contribution in [0.1, 0.15) is 22.8 Å². The molecule has 1 N–H and O–H groups in total. The normalized spacial score (nSPS) is 14.2. The highest BCUT2D eigenvalue weighted by Crippen LogP contribution is 2.29. The second kappa shape index (κ2) is 4.83. The van der Waals surface area contributed by atoms with Crippen LogP contribution in [0.2, 0.25) is 0 Å². The molecule has 1 aromatic rings. The molecular formula is C13H11NO4. The van der Waals surface area contributed by atoms with Gasteiger partial charge in [-0.25, -0.2) is 0 Å². The number of carbonyl (C=O) groups is 2. The van der Waals surface area contributed by atoms with Gasteiger partial charge in [-0.15, -0.1) is 0 Å². The highest BCUT2D eigenvalue weighted by molar-refractivity contribution is 6.30. The van der Waals surface area contributed by atoms with Crippen LogP contribution in [0.25, 0.3) is 5.76 Å².